The molecule has 1 heterocycles. The first-order valence-corrected chi connectivity index (χ1v) is 6.81. The number of anilines is 1. The van der Waals surface area contributed by atoms with Gasteiger partial charge in [0.25, 0.3) is 0 Å². The zero-order valence-electron chi connectivity index (χ0n) is 10.5. The van der Waals surface area contributed by atoms with Crippen molar-refractivity contribution in [2.24, 2.45) is 0 Å². The van der Waals surface area contributed by atoms with E-state index in [0.29, 0.717) is 13.1 Å². The molecule has 2 atom stereocenters. The smallest absolute Gasteiger partial charge is 0.322 e. The van der Waals surface area contributed by atoms with Crippen LogP contribution in [0.2, 0.25) is 0 Å². The van der Waals surface area contributed by atoms with Crippen LogP contribution < -0.4 is 5.32 Å². The Morgan fingerprint density at radius 1 is 1.28 bits per heavy atom. The molecular weight excluding hydrogens is 296 g/mol. The summed E-state index contributed by atoms with van der Waals surface area (Å²) in [5, 5.41) is 2.89. The molecular formula is C13H17BrN2O2. The molecule has 18 heavy (non-hydrogen) atoms. The Balaban J connectivity index is 1.97. The number of benzene rings is 1. The lowest BCUT2D eigenvalue weighted by molar-refractivity contribution is -0.0530. The van der Waals surface area contributed by atoms with Crippen LogP contribution in [0.1, 0.15) is 13.8 Å². The fourth-order valence-corrected chi connectivity index (χ4v) is 2.34. The van der Waals surface area contributed by atoms with Gasteiger partial charge in [-0.1, -0.05) is 15.9 Å². The van der Waals surface area contributed by atoms with Gasteiger partial charge in [0.1, 0.15) is 0 Å². The first kappa shape index (κ1) is 13.4. The van der Waals surface area contributed by atoms with Crippen LogP contribution in [-0.2, 0) is 4.74 Å². The van der Waals surface area contributed by atoms with E-state index in [0.717, 1.165) is 10.2 Å². The van der Waals surface area contributed by atoms with Crippen LogP contribution in [0.25, 0.3) is 0 Å². The topological polar surface area (TPSA) is 41.6 Å². The number of ether oxygens (including phenoxy) is 1. The van der Waals surface area contributed by atoms with Crippen LogP contribution in [0.5, 0.6) is 0 Å². The molecule has 98 valence electrons. The minimum absolute atomic E-state index is 0.0701. The molecule has 1 N–H and O–H groups in total. The molecule has 0 aliphatic carbocycles. The van der Waals surface area contributed by atoms with Gasteiger partial charge in [-0.3, -0.25) is 0 Å². The zero-order chi connectivity index (χ0) is 13.1. The summed E-state index contributed by atoms with van der Waals surface area (Å²) in [5.74, 6) is 0. The summed E-state index contributed by atoms with van der Waals surface area (Å²) in [4.78, 5) is 13.9. The molecule has 1 aromatic carbocycles. The van der Waals surface area contributed by atoms with Gasteiger partial charge in [0.2, 0.25) is 0 Å². The zero-order valence-corrected chi connectivity index (χ0v) is 12.1. The number of urea groups is 1. The van der Waals surface area contributed by atoms with Crippen LogP contribution >= 0.6 is 15.9 Å². The maximum Gasteiger partial charge on any atom is 0.322 e. The Morgan fingerprint density at radius 3 is 2.39 bits per heavy atom. The molecule has 1 aliphatic rings. The van der Waals surface area contributed by atoms with Gasteiger partial charge >= 0.3 is 6.03 Å². The maximum atomic E-state index is 12.1. The van der Waals surface area contributed by atoms with E-state index in [9.17, 15) is 4.79 Å². The second kappa shape index (κ2) is 5.71. The number of nitrogens with zero attached hydrogens (tertiary/aromatic N) is 1. The van der Waals surface area contributed by atoms with Crippen molar-refractivity contribution in [3.8, 4) is 0 Å². The molecule has 1 aliphatic heterocycles. The summed E-state index contributed by atoms with van der Waals surface area (Å²) in [7, 11) is 0. The number of carbonyl (C=O) groups excluding carboxylic acids is 1. The number of halogens is 1. The van der Waals surface area contributed by atoms with Gasteiger partial charge < -0.3 is 15.0 Å². The minimum atomic E-state index is -0.0701. The first-order valence-electron chi connectivity index (χ1n) is 6.01. The number of nitrogens with one attached hydrogen (secondary N) is 1. The molecule has 1 aromatic rings. The molecule has 0 spiro atoms. The molecule has 1 saturated heterocycles. The second-order valence-corrected chi connectivity index (χ2v) is 5.52. The number of amides is 2. The number of rotatable bonds is 1. The summed E-state index contributed by atoms with van der Waals surface area (Å²) < 4.78 is 6.60. The highest BCUT2D eigenvalue weighted by atomic mass is 79.9. The third kappa shape index (κ3) is 3.46. The summed E-state index contributed by atoms with van der Waals surface area (Å²) in [6.45, 7) is 5.23. The normalized spacial score (nSPS) is 23.8. The monoisotopic (exact) mass is 312 g/mol. The van der Waals surface area contributed by atoms with Crippen molar-refractivity contribution in [1.82, 2.24) is 4.90 Å². The molecule has 0 unspecified atom stereocenters. The molecule has 0 bridgehead atoms. The van der Waals surface area contributed by atoms with E-state index >= 15 is 0 Å². The van der Waals surface area contributed by atoms with Crippen molar-refractivity contribution in [2.45, 2.75) is 26.1 Å². The van der Waals surface area contributed by atoms with Gasteiger partial charge in [0.05, 0.1) is 12.2 Å². The Kier molecular flexibility index (Phi) is 4.24. The van der Waals surface area contributed by atoms with E-state index in [1.165, 1.54) is 0 Å². The molecule has 1 fully saturated rings. The van der Waals surface area contributed by atoms with E-state index < -0.39 is 0 Å². The molecule has 4 nitrogen and oxygen atoms in total. The molecule has 2 amide bonds. The van der Waals surface area contributed by atoms with E-state index in [1.54, 1.807) is 4.90 Å². The Labute approximate surface area is 115 Å². The third-order valence-electron chi connectivity index (χ3n) is 2.80. The summed E-state index contributed by atoms with van der Waals surface area (Å²) in [5.41, 5.74) is 0.801. The lowest BCUT2D eigenvalue weighted by Crippen LogP contribution is -2.49. The van der Waals surface area contributed by atoms with Crippen LogP contribution in [0.4, 0.5) is 10.5 Å². The minimum Gasteiger partial charge on any atom is -0.372 e. The number of carbonyl (C=O) groups is 1. The quantitative estimate of drug-likeness (QED) is 0.865. The van der Waals surface area contributed by atoms with Crippen LogP contribution in [0.3, 0.4) is 0 Å². The molecule has 5 heteroatoms. The molecule has 0 radical (unpaired) electrons. The van der Waals surface area contributed by atoms with Crippen LogP contribution in [-0.4, -0.2) is 36.2 Å². The molecule has 0 saturated carbocycles. The van der Waals surface area contributed by atoms with Crippen molar-refractivity contribution in [3.05, 3.63) is 28.7 Å². The van der Waals surface area contributed by atoms with Crippen molar-refractivity contribution in [3.63, 3.8) is 0 Å². The maximum absolute atomic E-state index is 12.1. The third-order valence-corrected chi connectivity index (χ3v) is 3.33. The Morgan fingerprint density at radius 2 is 1.83 bits per heavy atom. The average molecular weight is 313 g/mol. The second-order valence-electron chi connectivity index (χ2n) is 4.60. The summed E-state index contributed by atoms with van der Waals surface area (Å²) >= 11 is 3.36. The van der Waals surface area contributed by atoms with Crippen LogP contribution in [0.15, 0.2) is 28.7 Å². The average Bonchev–Trinajstić information content (AvgIpc) is 2.31. The standard InChI is InChI=1S/C13H17BrN2O2/c1-9-7-16(8-10(2)18-9)13(17)15-12-5-3-11(14)4-6-12/h3-6,9-10H,7-8H2,1-2H3,(H,15,17)/t9-,10-/m1/s1. The summed E-state index contributed by atoms with van der Waals surface area (Å²) in [6.07, 6.45) is 0.175. The predicted octanol–water partition coefficient (Wildman–Crippen LogP) is 3.09. The largest absolute Gasteiger partial charge is 0.372 e. The van der Waals surface area contributed by atoms with Crippen molar-refractivity contribution in [1.29, 1.82) is 0 Å². The molecule has 0 aromatic heterocycles. The highest BCUT2D eigenvalue weighted by molar-refractivity contribution is 9.10. The first-order chi connectivity index (χ1) is 8.54. The summed E-state index contributed by atoms with van der Waals surface area (Å²) in [6, 6.07) is 7.48. The lowest BCUT2D eigenvalue weighted by Gasteiger charge is -2.35. The van der Waals surface area contributed by atoms with E-state index in [-0.39, 0.29) is 18.2 Å². The van der Waals surface area contributed by atoms with Crippen molar-refractivity contribution < 1.29 is 9.53 Å². The lowest BCUT2D eigenvalue weighted by atomic mass is 10.2. The Hall–Kier alpha value is -1.07. The predicted molar refractivity (Wildman–Crippen MR) is 74.7 cm³/mol. The number of morpholine rings is 1. The SMILES string of the molecule is C[C@@H]1CN(C(=O)Nc2ccc(Br)cc2)C[C@@H](C)O1. The van der Waals surface area contributed by atoms with Gasteiger partial charge in [-0.05, 0) is 38.1 Å². The van der Waals surface area contributed by atoms with E-state index in [4.69, 9.17) is 4.74 Å². The Bertz CT molecular complexity index is 412. The van der Waals surface area contributed by atoms with Crippen molar-refractivity contribution >= 4 is 27.6 Å². The highest BCUT2D eigenvalue weighted by Crippen LogP contribution is 2.16. The fourth-order valence-electron chi connectivity index (χ4n) is 2.08. The van der Waals surface area contributed by atoms with Gasteiger partial charge in [-0.2, -0.15) is 0 Å². The van der Waals surface area contributed by atoms with Gasteiger partial charge in [0.15, 0.2) is 0 Å². The van der Waals surface area contributed by atoms with Crippen molar-refractivity contribution in [2.75, 3.05) is 18.4 Å². The molecule has 2 rings (SSSR count). The number of hydrogen-bond donors (Lipinski definition) is 1. The van der Waals surface area contributed by atoms with E-state index in [2.05, 4.69) is 21.2 Å². The van der Waals surface area contributed by atoms with E-state index in [1.807, 2.05) is 38.1 Å². The highest BCUT2D eigenvalue weighted by Gasteiger charge is 2.25. The number of hydrogen-bond acceptors (Lipinski definition) is 2. The fraction of sp³-hybridized carbons (Fsp3) is 0.462. The van der Waals surface area contributed by atoms with Gasteiger partial charge in [-0.25, -0.2) is 4.79 Å². The van der Waals surface area contributed by atoms with Crippen LogP contribution in [0, 0.1) is 0 Å². The van der Waals surface area contributed by atoms with Gasteiger partial charge in [-0.15, -0.1) is 0 Å². The van der Waals surface area contributed by atoms with Gasteiger partial charge in [0, 0.05) is 23.2 Å².